The average molecular weight is 294 g/mol. The molecule has 0 atom stereocenters. The molecule has 0 aliphatic carbocycles. The quantitative estimate of drug-likeness (QED) is 0.908. The van der Waals surface area contributed by atoms with E-state index >= 15 is 0 Å². The fraction of sp³-hybridized carbons (Fsp3) is 0.462. The molecule has 0 aliphatic heterocycles. The van der Waals surface area contributed by atoms with E-state index in [2.05, 4.69) is 20.3 Å². The Morgan fingerprint density at radius 1 is 1.45 bits per heavy atom. The van der Waals surface area contributed by atoms with Crippen LogP contribution in [0.25, 0.3) is 0 Å². The molecular weight excluding hydrogens is 276 g/mol. The fourth-order valence-electron chi connectivity index (χ4n) is 1.77. The molecule has 0 aromatic carbocycles. The van der Waals surface area contributed by atoms with Crippen molar-refractivity contribution in [1.29, 1.82) is 0 Å². The van der Waals surface area contributed by atoms with Crippen molar-refractivity contribution in [2.75, 3.05) is 12.4 Å². The second kappa shape index (κ2) is 5.72. The average Bonchev–Trinajstić information content (AvgIpc) is 2.97. The molecule has 6 nitrogen and oxygen atoms in total. The van der Waals surface area contributed by atoms with E-state index in [1.807, 2.05) is 20.8 Å². The number of carbonyl (C=O) groups is 1. The Morgan fingerprint density at radius 3 is 2.85 bits per heavy atom. The van der Waals surface area contributed by atoms with Crippen LogP contribution in [0.2, 0.25) is 0 Å². The fourth-order valence-corrected chi connectivity index (χ4v) is 2.55. The van der Waals surface area contributed by atoms with Gasteiger partial charge >= 0.3 is 0 Å². The van der Waals surface area contributed by atoms with Crippen molar-refractivity contribution in [2.45, 2.75) is 32.8 Å². The molecule has 0 unspecified atom stereocenters. The van der Waals surface area contributed by atoms with Crippen LogP contribution in [0.1, 0.15) is 41.8 Å². The van der Waals surface area contributed by atoms with Crippen LogP contribution < -0.4 is 5.32 Å². The summed E-state index contributed by atoms with van der Waals surface area (Å²) in [5.41, 5.74) is 1.04. The van der Waals surface area contributed by atoms with Crippen LogP contribution in [-0.2, 0) is 16.8 Å². The highest BCUT2D eigenvalue weighted by atomic mass is 32.1. The molecule has 2 rings (SSSR count). The molecule has 20 heavy (non-hydrogen) atoms. The zero-order chi connectivity index (χ0) is 14.8. The molecule has 0 saturated heterocycles. The van der Waals surface area contributed by atoms with Crippen molar-refractivity contribution < 1.29 is 9.53 Å². The highest BCUT2D eigenvalue weighted by Gasteiger charge is 2.24. The van der Waals surface area contributed by atoms with Gasteiger partial charge in [0.2, 0.25) is 0 Å². The predicted molar refractivity (Wildman–Crippen MR) is 78.1 cm³/mol. The van der Waals surface area contributed by atoms with Crippen LogP contribution in [0.3, 0.4) is 0 Å². The summed E-state index contributed by atoms with van der Waals surface area (Å²) in [6, 6.07) is 0. The van der Waals surface area contributed by atoms with Gasteiger partial charge in [0.05, 0.1) is 23.5 Å². The summed E-state index contributed by atoms with van der Waals surface area (Å²) in [5.74, 6) is -0.255. The monoisotopic (exact) mass is 294 g/mol. The lowest BCUT2D eigenvalue weighted by Crippen LogP contribution is -2.21. The number of H-pyrrole nitrogens is 1. The molecule has 2 N–H and O–H groups in total. The molecule has 0 spiro atoms. The van der Waals surface area contributed by atoms with E-state index in [4.69, 9.17) is 4.74 Å². The van der Waals surface area contributed by atoms with Gasteiger partial charge in [0, 0.05) is 18.7 Å². The topological polar surface area (TPSA) is 79.9 Å². The summed E-state index contributed by atoms with van der Waals surface area (Å²) in [6.45, 7) is 6.56. The number of rotatable bonds is 4. The number of hydrogen-bond donors (Lipinski definition) is 2. The second-order valence-electron chi connectivity index (χ2n) is 5.40. The smallest absolute Gasteiger partial charge is 0.277 e. The minimum atomic E-state index is -0.255. The van der Waals surface area contributed by atoms with E-state index in [-0.39, 0.29) is 11.3 Å². The lowest BCUT2D eigenvalue weighted by atomic mass is 9.90. The number of aromatic amines is 1. The molecule has 0 radical (unpaired) electrons. The first kappa shape index (κ1) is 14.7. The van der Waals surface area contributed by atoms with Gasteiger partial charge in [-0.15, -0.1) is 0 Å². The van der Waals surface area contributed by atoms with E-state index in [9.17, 15) is 4.79 Å². The van der Waals surface area contributed by atoms with Gasteiger partial charge in [-0.2, -0.15) is 0 Å². The minimum Gasteiger partial charge on any atom is -0.379 e. The molecule has 2 aromatic heterocycles. The molecule has 7 heteroatoms. The Morgan fingerprint density at radius 2 is 2.20 bits per heavy atom. The molecule has 0 saturated carbocycles. The number of nitrogens with one attached hydrogen (secondary N) is 2. The third-order valence-corrected chi connectivity index (χ3v) is 3.55. The second-order valence-corrected chi connectivity index (χ2v) is 6.51. The normalized spacial score (nSPS) is 11.6. The van der Waals surface area contributed by atoms with E-state index in [1.54, 1.807) is 13.3 Å². The Hall–Kier alpha value is -1.73. The van der Waals surface area contributed by atoms with Gasteiger partial charge in [-0.1, -0.05) is 32.1 Å². The Labute approximate surface area is 121 Å². The summed E-state index contributed by atoms with van der Waals surface area (Å²) in [4.78, 5) is 24.5. The Balaban J connectivity index is 2.14. The van der Waals surface area contributed by atoms with Gasteiger partial charge in [0.25, 0.3) is 5.91 Å². The number of carbonyl (C=O) groups excluding carboxylic acids is 1. The lowest BCUT2D eigenvalue weighted by Gasteiger charge is -2.17. The SMILES string of the molecule is COCc1cnc(NC(=O)c2nc[nH]c2C(C)(C)C)s1. The van der Waals surface area contributed by atoms with Gasteiger partial charge in [-0.25, -0.2) is 9.97 Å². The Bertz CT molecular complexity index is 598. The molecule has 108 valence electrons. The van der Waals surface area contributed by atoms with Gasteiger partial charge in [0.15, 0.2) is 5.13 Å². The molecule has 2 heterocycles. The highest BCUT2D eigenvalue weighted by Crippen LogP contribution is 2.24. The van der Waals surface area contributed by atoms with Crippen molar-refractivity contribution >= 4 is 22.4 Å². The summed E-state index contributed by atoms with van der Waals surface area (Å²) >= 11 is 1.39. The maximum Gasteiger partial charge on any atom is 0.277 e. The Kier molecular flexibility index (Phi) is 4.20. The van der Waals surface area contributed by atoms with E-state index in [1.165, 1.54) is 17.7 Å². The third kappa shape index (κ3) is 3.23. The number of hydrogen-bond acceptors (Lipinski definition) is 5. The van der Waals surface area contributed by atoms with Crippen LogP contribution in [0.5, 0.6) is 0 Å². The largest absolute Gasteiger partial charge is 0.379 e. The number of anilines is 1. The number of ether oxygens (including phenoxy) is 1. The third-order valence-electron chi connectivity index (χ3n) is 2.67. The number of imidazole rings is 1. The summed E-state index contributed by atoms with van der Waals surface area (Å²) in [5, 5.41) is 3.31. The van der Waals surface area contributed by atoms with Crippen molar-refractivity contribution in [3.63, 3.8) is 0 Å². The van der Waals surface area contributed by atoms with E-state index in [0.29, 0.717) is 17.4 Å². The van der Waals surface area contributed by atoms with Crippen molar-refractivity contribution in [1.82, 2.24) is 15.0 Å². The zero-order valence-electron chi connectivity index (χ0n) is 12.0. The molecule has 0 fully saturated rings. The molecule has 0 aliphatic rings. The summed E-state index contributed by atoms with van der Waals surface area (Å²) in [7, 11) is 1.62. The first-order chi connectivity index (χ1) is 9.41. The lowest BCUT2D eigenvalue weighted by molar-refractivity contribution is 0.102. The number of methoxy groups -OCH3 is 1. The minimum absolute atomic E-state index is 0.173. The van der Waals surface area contributed by atoms with Crippen molar-refractivity contribution in [3.05, 3.63) is 28.8 Å². The van der Waals surface area contributed by atoms with Crippen LogP contribution in [-0.4, -0.2) is 28.0 Å². The summed E-state index contributed by atoms with van der Waals surface area (Å²) in [6.07, 6.45) is 3.23. The first-order valence-corrected chi connectivity index (χ1v) is 7.02. The van der Waals surface area contributed by atoms with Crippen LogP contribution >= 0.6 is 11.3 Å². The van der Waals surface area contributed by atoms with Crippen LogP contribution in [0, 0.1) is 0 Å². The standard InChI is InChI=1S/C13H18N4O2S/c1-13(2,3)10-9(15-7-16-10)11(18)17-12-14-5-8(20-12)6-19-4/h5,7H,6H2,1-4H3,(H,15,16)(H,14,17,18). The van der Waals surface area contributed by atoms with Crippen LogP contribution in [0.4, 0.5) is 5.13 Å². The number of nitrogens with zero attached hydrogens (tertiary/aromatic N) is 2. The molecule has 2 aromatic rings. The maximum atomic E-state index is 12.3. The van der Waals surface area contributed by atoms with E-state index in [0.717, 1.165) is 10.6 Å². The van der Waals surface area contributed by atoms with Crippen molar-refractivity contribution in [2.24, 2.45) is 0 Å². The first-order valence-electron chi connectivity index (χ1n) is 6.20. The number of amides is 1. The molecule has 1 amide bonds. The summed E-state index contributed by atoms with van der Waals surface area (Å²) < 4.78 is 5.02. The van der Waals surface area contributed by atoms with Gasteiger partial charge in [-0.3, -0.25) is 10.1 Å². The molecular formula is C13H18N4O2S. The predicted octanol–water partition coefficient (Wildman–Crippen LogP) is 2.56. The number of thiazole rings is 1. The van der Waals surface area contributed by atoms with Crippen LogP contribution in [0.15, 0.2) is 12.5 Å². The van der Waals surface area contributed by atoms with Crippen molar-refractivity contribution in [3.8, 4) is 0 Å². The molecule has 0 bridgehead atoms. The van der Waals surface area contributed by atoms with Gasteiger partial charge in [0.1, 0.15) is 5.69 Å². The highest BCUT2D eigenvalue weighted by molar-refractivity contribution is 7.15. The zero-order valence-corrected chi connectivity index (χ0v) is 12.8. The number of aromatic nitrogens is 3. The van der Waals surface area contributed by atoms with Gasteiger partial charge in [-0.05, 0) is 0 Å². The maximum absolute atomic E-state index is 12.3. The van der Waals surface area contributed by atoms with E-state index < -0.39 is 0 Å². The van der Waals surface area contributed by atoms with Gasteiger partial charge < -0.3 is 9.72 Å².